The van der Waals surface area contributed by atoms with Crippen LogP contribution < -0.4 is 0 Å². The second-order valence-corrected chi connectivity index (χ2v) is 3.95. The zero-order chi connectivity index (χ0) is 10.7. The summed E-state index contributed by atoms with van der Waals surface area (Å²) >= 11 is 0. The van der Waals surface area contributed by atoms with Crippen LogP contribution >= 0.6 is 8.69 Å². The van der Waals surface area contributed by atoms with E-state index in [1.807, 2.05) is 0 Å². The molecule has 13 heavy (non-hydrogen) atoms. The van der Waals surface area contributed by atoms with Crippen LogP contribution in [0.1, 0.15) is 0 Å². The Morgan fingerprint density at radius 2 is 1.69 bits per heavy atom. The van der Waals surface area contributed by atoms with Gasteiger partial charge in [-0.15, -0.1) is 0 Å². The van der Waals surface area contributed by atoms with Gasteiger partial charge in [-0.3, -0.25) is 4.57 Å². The number of aliphatic hydroxyl groups is 2. The zero-order valence-electron chi connectivity index (χ0n) is 8.56. The lowest BCUT2D eigenvalue weighted by Crippen LogP contribution is -2.37. The van der Waals surface area contributed by atoms with Crippen molar-refractivity contribution in [3.05, 3.63) is 0 Å². The molecule has 0 bridgehead atoms. The first kappa shape index (κ1) is 15.5. The van der Waals surface area contributed by atoms with Crippen molar-refractivity contribution in [3.8, 4) is 0 Å². The van der Waals surface area contributed by atoms with E-state index in [2.05, 4.69) is 21.1 Å². The minimum absolute atomic E-state index is 0.125. The molecule has 0 aromatic heterocycles. The topological polar surface area (TPSA) is 66.8 Å². The van der Waals surface area contributed by atoms with Crippen molar-refractivity contribution in [1.29, 1.82) is 0 Å². The molecule has 1 atom stereocenters. The Hall–Kier alpha value is 0.0700. The van der Waals surface area contributed by atoms with Crippen molar-refractivity contribution in [2.45, 2.75) is 0 Å². The highest BCUT2D eigenvalue weighted by Crippen LogP contribution is 1.96. The van der Waals surface area contributed by atoms with Crippen molar-refractivity contribution in [1.82, 2.24) is 0 Å². The molecule has 1 unspecified atom stereocenters. The van der Waals surface area contributed by atoms with Gasteiger partial charge in [-0.05, 0) is 0 Å². The molecular weight excluding hydrogens is 193 g/mol. The molecule has 6 heteroatoms. The third-order valence-corrected chi connectivity index (χ3v) is 1.42. The Labute approximate surface area is 80.8 Å². The molecule has 2 N–H and O–H groups in total. The number of hydrogen-bond acceptors (Lipinski definition) is 4. The minimum atomic E-state index is -1.02. The molecule has 0 aliphatic rings. The van der Waals surface area contributed by atoms with Crippen LogP contribution in [0.4, 0.5) is 0 Å². The van der Waals surface area contributed by atoms with Crippen molar-refractivity contribution in [2.75, 3.05) is 47.5 Å². The number of aliphatic hydroxyl groups excluding tert-OH is 2. The van der Waals surface area contributed by atoms with Crippen LogP contribution in [-0.4, -0.2) is 62.2 Å². The summed E-state index contributed by atoms with van der Waals surface area (Å²) < 4.78 is 15.5. The maximum absolute atomic E-state index is 9.87. The average molecular weight is 214 g/mol. The van der Waals surface area contributed by atoms with Crippen LogP contribution in [0.25, 0.3) is 0 Å². The number of nitrogens with zero attached hydrogens (tertiary/aromatic N) is 1. The normalized spacial score (nSPS) is 11.5. The molecule has 0 aliphatic heterocycles. The van der Waals surface area contributed by atoms with Gasteiger partial charge in [-0.1, -0.05) is 0 Å². The molecule has 0 aromatic carbocycles. The lowest BCUT2D eigenvalue weighted by atomic mass is 10.5. The molecule has 0 rings (SSSR count). The third-order valence-electron chi connectivity index (χ3n) is 1.05. The fourth-order valence-electron chi connectivity index (χ4n) is 0.375. The fraction of sp³-hybridized carbons (Fsp3) is 1.00. The first-order valence-corrected chi connectivity index (χ1v) is 4.99. The molecule has 0 amide bonds. The highest BCUT2D eigenvalue weighted by atomic mass is 31.1. The van der Waals surface area contributed by atoms with Crippen LogP contribution in [0.15, 0.2) is 0 Å². The Morgan fingerprint density at radius 1 is 1.23 bits per heavy atom. The lowest BCUT2D eigenvalue weighted by Gasteiger charge is -2.22. The van der Waals surface area contributed by atoms with Crippen LogP contribution in [0, 0.1) is 0 Å². The van der Waals surface area contributed by atoms with Crippen LogP contribution in [-0.2, 0) is 9.09 Å². The van der Waals surface area contributed by atoms with E-state index in [0.29, 0.717) is 6.61 Å². The molecule has 0 saturated carbocycles. The van der Waals surface area contributed by atoms with Crippen molar-refractivity contribution in [3.63, 3.8) is 0 Å². The van der Waals surface area contributed by atoms with Gasteiger partial charge in [0.2, 0.25) is 0 Å². The molecule has 82 valence electrons. The summed E-state index contributed by atoms with van der Waals surface area (Å²) in [6.07, 6.45) is 0. The number of quaternary nitrogens is 1. The summed E-state index contributed by atoms with van der Waals surface area (Å²) in [7, 11) is 5.20. The van der Waals surface area contributed by atoms with Gasteiger partial charge < -0.3 is 19.2 Å². The van der Waals surface area contributed by atoms with E-state index in [4.69, 9.17) is 14.7 Å². The lowest BCUT2D eigenvalue weighted by molar-refractivity contribution is -0.870. The summed E-state index contributed by atoms with van der Waals surface area (Å²) in [5, 5.41) is 15.2. The molecule has 0 aromatic rings. The van der Waals surface area contributed by atoms with E-state index >= 15 is 0 Å². The third kappa shape index (κ3) is 24.5. The SMILES string of the molecule is C[N+](C)(C)CCO[PH2]=O.OCCO. The monoisotopic (exact) mass is 214 g/mol. The fourth-order valence-corrected chi connectivity index (χ4v) is 0.576. The highest BCUT2D eigenvalue weighted by Gasteiger charge is 2.04. The van der Waals surface area contributed by atoms with Crippen molar-refractivity contribution >= 4 is 8.69 Å². The summed E-state index contributed by atoms with van der Waals surface area (Å²) in [5.41, 5.74) is 0. The van der Waals surface area contributed by atoms with Crippen LogP contribution in [0.3, 0.4) is 0 Å². The zero-order valence-corrected chi connectivity index (χ0v) is 9.72. The smallest absolute Gasteiger partial charge is 0.180 e. The van der Waals surface area contributed by atoms with Gasteiger partial charge in [0.15, 0.2) is 8.69 Å². The molecule has 0 aliphatic carbocycles. The number of hydrogen-bond donors (Lipinski definition) is 2. The van der Waals surface area contributed by atoms with Crippen molar-refractivity contribution < 1.29 is 23.8 Å². The summed E-state index contributed by atoms with van der Waals surface area (Å²) in [6, 6.07) is 0. The van der Waals surface area contributed by atoms with Crippen LogP contribution in [0.2, 0.25) is 0 Å². The number of likely N-dealkylation sites (N-methyl/N-ethyl adjacent to an activating group) is 1. The second-order valence-electron chi connectivity index (χ2n) is 3.43. The molecule has 0 heterocycles. The summed E-state index contributed by atoms with van der Waals surface area (Å²) in [4.78, 5) is 0. The van der Waals surface area contributed by atoms with E-state index in [9.17, 15) is 4.57 Å². The largest absolute Gasteiger partial charge is 0.394 e. The van der Waals surface area contributed by atoms with E-state index in [1.165, 1.54) is 0 Å². The first-order valence-electron chi connectivity index (χ1n) is 4.05. The van der Waals surface area contributed by atoms with Gasteiger partial charge in [0, 0.05) is 0 Å². The minimum Gasteiger partial charge on any atom is -0.394 e. The highest BCUT2D eigenvalue weighted by molar-refractivity contribution is 7.17. The predicted octanol–water partition coefficient (Wildman–Crippen LogP) is -0.648. The molecule has 0 saturated heterocycles. The molecule has 0 radical (unpaired) electrons. The van der Waals surface area contributed by atoms with Gasteiger partial charge in [0.1, 0.15) is 13.2 Å². The van der Waals surface area contributed by atoms with Gasteiger partial charge in [-0.2, -0.15) is 0 Å². The quantitative estimate of drug-likeness (QED) is 0.362. The van der Waals surface area contributed by atoms with E-state index in [1.54, 1.807) is 0 Å². The maximum Gasteiger partial charge on any atom is 0.180 e. The molecule has 5 nitrogen and oxygen atoms in total. The van der Waals surface area contributed by atoms with E-state index in [-0.39, 0.29) is 13.2 Å². The predicted molar refractivity (Wildman–Crippen MR) is 53.4 cm³/mol. The van der Waals surface area contributed by atoms with Gasteiger partial charge in [0.25, 0.3) is 0 Å². The van der Waals surface area contributed by atoms with Crippen molar-refractivity contribution in [2.24, 2.45) is 0 Å². The van der Waals surface area contributed by atoms with E-state index < -0.39 is 8.69 Å². The van der Waals surface area contributed by atoms with Gasteiger partial charge in [0.05, 0.1) is 34.4 Å². The van der Waals surface area contributed by atoms with Gasteiger partial charge >= 0.3 is 0 Å². The van der Waals surface area contributed by atoms with Gasteiger partial charge in [-0.25, -0.2) is 0 Å². The average Bonchev–Trinajstić information content (AvgIpc) is 2.03. The summed E-state index contributed by atoms with van der Waals surface area (Å²) in [6.45, 7) is 1.26. The second kappa shape index (κ2) is 10.2. The standard InChI is InChI=1S/C5H15NO2P.C2H6O2/c1-6(2,3)4-5-8-9-7;3-1-2-4/h4-5,9H2,1-3H3;3-4H,1-2H2/q+1;. The number of rotatable bonds is 5. The van der Waals surface area contributed by atoms with Crippen LogP contribution in [0.5, 0.6) is 0 Å². The Balaban J connectivity index is 0. The Bertz CT molecular complexity index is 114. The Kier molecular flexibility index (Phi) is 12.1. The molecule has 0 fully saturated rings. The Morgan fingerprint density at radius 3 is 1.92 bits per heavy atom. The molecular formula is C7H21NO4P+. The maximum atomic E-state index is 9.87. The van der Waals surface area contributed by atoms with E-state index in [0.717, 1.165) is 11.0 Å². The molecule has 0 spiro atoms. The summed E-state index contributed by atoms with van der Waals surface area (Å²) in [5.74, 6) is 0. The first-order chi connectivity index (χ1) is 5.97.